The first kappa shape index (κ1) is 27.1. The average molecular weight is 457 g/mol. The Morgan fingerprint density at radius 1 is 1.16 bits per heavy atom. The third kappa shape index (κ3) is 10.9. The summed E-state index contributed by atoms with van der Waals surface area (Å²) in [6.45, 7) is 4.24. The van der Waals surface area contributed by atoms with Crippen LogP contribution in [-0.4, -0.2) is 72.5 Å². The molecule has 3 amide bonds. The molecule has 1 rings (SSSR count). The Kier molecular flexibility index (Phi) is 12.0. The Balaban J connectivity index is 2.51. The van der Waals surface area contributed by atoms with E-state index in [1.54, 1.807) is 13.8 Å². The molecule has 1 heterocycles. The maximum Gasteiger partial charge on any atom is 0.326 e. The molecule has 0 aliphatic carbocycles. The number of carboxylic acids is 1. The van der Waals surface area contributed by atoms with Crippen molar-refractivity contribution < 1.29 is 24.3 Å². The number of rotatable bonds is 13. The monoisotopic (exact) mass is 456 g/mol. The smallest absolute Gasteiger partial charge is 0.326 e. The Labute approximate surface area is 187 Å². The lowest BCUT2D eigenvalue weighted by atomic mass is 10.0. The summed E-state index contributed by atoms with van der Waals surface area (Å²) < 4.78 is 0. The summed E-state index contributed by atoms with van der Waals surface area (Å²) in [6.07, 6.45) is 2.53. The van der Waals surface area contributed by atoms with Gasteiger partial charge in [-0.1, -0.05) is 13.8 Å². The number of hydrogen-bond donors (Lipinski definition) is 8. The molecule has 1 aliphatic heterocycles. The van der Waals surface area contributed by atoms with Crippen molar-refractivity contribution in [2.75, 3.05) is 19.6 Å². The molecule has 10 N–H and O–H groups in total. The lowest BCUT2D eigenvalue weighted by Gasteiger charge is -2.25. The number of nitrogens with two attached hydrogens (primary N) is 2. The van der Waals surface area contributed by atoms with E-state index in [-0.39, 0.29) is 49.8 Å². The second-order valence-corrected chi connectivity index (χ2v) is 8.03. The largest absolute Gasteiger partial charge is 0.480 e. The van der Waals surface area contributed by atoms with Crippen molar-refractivity contribution in [3.63, 3.8) is 0 Å². The molecule has 0 aromatic heterocycles. The molecule has 1 fully saturated rings. The predicted octanol–water partition coefficient (Wildman–Crippen LogP) is -2.49. The number of amides is 3. The van der Waals surface area contributed by atoms with E-state index in [0.29, 0.717) is 6.42 Å². The van der Waals surface area contributed by atoms with Crippen LogP contribution in [0.5, 0.6) is 0 Å². The molecular weight excluding hydrogens is 420 g/mol. The number of nitrogens with zero attached hydrogens (tertiary/aromatic N) is 1. The standard InChI is InChI=1S/C19H36N8O5/c1-11(2)16(17(30)25-13(18(31)32)6-4-7-22-19(20)21)26-15(29)10-23-14(28)9-12-5-3-8-24-27-12/h11-13,16,24,27H,3-10H2,1-2H3,(H,23,28)(H,25,30)(H,26,29)(H,31,32)(H4,20,21,22)/t12?,13-,16-/m0/s1. The third-order valence-corrected chi connectivity index (χ3v) is 4.86. The number of hydrogen-bond acceptors (Lipinski definition) is 7. The van der Waals surface area contributed by atoms with Crippen LogP contribution >= 0.6 is 0 Å². The summed E-state index contributed by atoms with van der Waals surface area (Å²) in [4.78, 5) is 52.2. The van der Waals surface area contributed by atoms with Crippen LogP contribution in [0, 0.1) is 5.92 Å². The van der Waals surface area contributed by atoms with Gasteiger partial charge in [-0.05, 0) is 31.6 Å². The van der Waals surface area contributed by atoms with E-state index < -0.39 is 29.9 Å². The quantitative estimate of drug-likeness (QED) is 0.0835. The van der Waals surface area contributed by atoms with E-state index in [9.17, 15) is 24.3 Å². The highest BCUT2D eigenvalue weighted by molar-refractivity contribution is 5.92. The molecule has 0 aromatic carbocycles. The molecule has 13 nitrogen and oxygen atoms in total. The first-order valence-corrected chi connectivity index (χ1v) is 10.7. The number of carbonyl (C=O) groups excluding carboxylic acids is 3. The van der Waals surface area contributed by atoms with Crippen molar-refractivity contribution in [3.05, 3.63) is 0 Å². The van der Waals surface area contributed by atoms with Crippen molar-refractivity contribution in [2.45, 2.75) is 64.1 Å². The number of carboxylic acid groups (broad SMARTS) is 1. The predicted molar refractivity (Wildman–Crippen MR) is 118 cm³/mol. The van der Waals surface area contributed by atoms with E-state index in [0.717, 1.165) is 19.4 Å². The average Bonchev–Trinajstić information content (AvgIpc) is 2.72. The van der Waals surface area contributed by atoms with Crippen LogP contribution in [0.25, 0.3) is 0 Å². The van der Waals surface area contributed by atoms with E-state index in [4.69, 9.17) is 11.5 Å². The minimum Gasteiger partial charge on any atom is -0.480 e. The summed E-state index contributed by atoms with van der Waals surface area (Å²) in [5, 5.41) is 16.9. The second kappa shape index (κ2) is 14.2. The molecule has 1 aliphatic rings. The molecule has 0 spiro atoms. The number of carbonyl (C=O) groups is 4. The highest BCUT2D eigenvalue weighted by Gasteiger charge is 2.28. The van der Waals surface area contributed by atoms with Gasteiger partial charge >= 0.3 is 5.97 Å². The fourth-order valence-electron chi connectivity index (χ4n) is 3.14. The van der Waals surface area contributed by atoms with Gasteiger partial charge < -0.3 is 32.5 Å². The van der Waals surface area contributed by atoms with Gasteiger partial charge in [0.25, 0.3) is 0 Å². The van der Waals surface area contributed by atoms with Gasteiger partial charge in [-0.15, -0.1) is 0 Å². The fourth-order valence-corrected chi connectivity index (χ4v) is 3.14. The van der Waals surface area contributed by atoms with Crippen LogP contribution in [0.1, 0.15) is 46.0 Å². The molecule has 13 heteroatoms. The Bertz CT molecular complexity index is 675. The van der Waals surface area contributed by atoms with Gasteiger partial charge in [-0.25, -0.2) is 4.79 Å². The number of nitrogens with one attached hydrogen (secondary N) is 5. The zero-order valence-electron chi connectivity index (χ0n) is 18.6. The molecule has 0 aromatic rings. The highest BCUT2D eigenvalue weighted by atomic mass is 16.4. The molecule has 3 atom stereocenters. The van der Waals surface area contributed by atoms with E-state index in [1.807, 2.05) is 0 Å². The number of aliphatic imine (C=N–C) groups is 1. The second-order valence-electron chi connectivity index (χ2n) is 8.03. The van der Waals surface area contributed by atoms with Crippen LogP contribution in [0.2, 0.25) is 0 Å². The van der Waals surface area contributed by atoms with Gasteiger partial charge in [-0.2, -0.15) is 0 Å². The third-order valence-electron chi connectivity index (χ3n) is 4.86. The normalized spacial score (nSPS) is 17.7. The molecule has 1 unspecified atom stereocenters. The molecular formula is C19H36N8O5. The van der Waals surface area contributed by atoms with Gasteiger partial charge in [0, 0.05) is 25.6 Å². The molecule has 32 heavy (non-hydrogen) atoms. The number of aliphatic carboxylic acids is 1. The summed E-state index contributed by atoms with van der Waals surface area (Å²) in [5.74, 6) is -3.04. The van der Waals surface area contributed by atoms with Gasteiger partial charge in [0.1, 0.15) is 12.1 Å². The number of guanidine groups is 1. The summed E-state index contributed by atoms with van der Waals surface area (Å²) in [5.41, 5.74) is 16.5. The summed E-state index contributed by atoms with van der Waals surface area (Å²) >= 11 is 0. The Hall–Kier alpha value is -2.93. The minimum absolute atomic E-state index is 0.000868. The van der Waals surface area contributed by atoms with Gasteiger partial charge in [0.15, 0.2) is 5.96 Å². The fraction of sp³-hybridized carbons (Fsp3) is 0.737. The van der Waals surface area contributed by atoms with E-state index in [1.165, 1.54) is 0 Å². The van der Waals surface area contributed by atoms with Crippen molar-refractivity contribution in [2.24, 2.45) is 22.4 Å². The van der Waals surface area contributed by atoms with Crippen molar-refractivity contribution in [1.29, 1.82) is 0 Å². The maximum absolute atomic E-state index is 12.6. The molecule has 0 bridgehead atoms. The van der Waals surface area contributed by atoms with Crippen molar-refractivity contribution in [3.8, 4) is 0 Å². The summed E-state index contributed by atoms with van der Waals surface area (Å²) in [7, 11) is 0. The van der Waals surface area contributed by atoms with Crippen LogP contribution in [0.15, 0.2) is 4.99 Å². The van der Waals surface area contributed by atoms with Crippen LogP contribution in [-0.2, 0) is 19.2 Å². The van der Waals surface area contributed by atoms with Gasteiger partial charge in [0.05, 0.1) is 6.54 Å². The SMILES string of the molecule is CC(C)[C@H](NC(=O)CNC(=O)CC1CCCNN1)C(=O)N[C@@H](CCCN=C(N)N)C(=O)O. The van der Waals surface area contributed by atoms with Crippen LogP contribution in [0.4, 0.5) is 0 Å². The van der Waals surface area contributed by atoms with Gasteiger partial charge in [-0.3, -0.25) is 30.2 Å². The topological polar surface area (TPSA) is 213 Å². The zero-order chi connectivity index (χ0) is 24.1. The first-order valence-electron chi connectivity index (χ1n) is 10.7. The van der Waals surface area contributed by atoms with Crippen LogP contribution in [0.3, 0.4) is 0 Å². The van der Waals surface area contributed by atoms with Gasteiger partial charge in [0.2, 0.25) is 17.7 Å². The van der Waals surface area contributed by atoms with Crippen molar-refractivity contribution in [1.82, 2.24) is 26.8 Å². The molecule has 0 radical (unpaired) electrons. The van der Waals surface area contributed by atoms with E-state index >= 15 is 0 Å². The Morgan fingerprint density at radius 3 is 2.44 bits per heavy atom. The highest BCUT2D eigenvalue weighted by Crippen LogP contribution is 2.06. The summed E-state index contributed by atoms with van der Waals surface area (Å²) in [6, 6.07) is -2.10. The van der Waals surface area contributed by atoms with E-state index in [2.05, 4.69) is 31.8 Å². The minimum atomic E-state index is -1.20. The number of hydrazine groups is 1. The molecule has 0 saturated carbocycles. The lowest BCUT2D eigenvalue weighted by molar-refractivity contribution is -0.142. The maximum atomic E-state index is 12.6. The zero-order valence-corrected chi connectivity index (χ0v) is 18.6. The van der Waals surface area contributed by atoms with Crippen molar-refractivity contribution >= 4 is 29.7 Å². The lowest BCUT2D eigenvalue weighted by Crippen LogP contribution is -2.55. The first-order chi connectivity index (χ1) is 15.1. The Morgan fingerprint density at radius 2 is 1.88 bits per heavy atom. The van der Waals surface area contributed by atoms with Crippen LogP contribution < -0.4 is 38.3 Å². The molecule has 1 saturated heterocycles. The molecule has 182 valence electrons.